The van der Waals surface area contributed by atoms with Crippen LogP contribution in [0.15, 0.2) is 77.7 Å². The molecular weight excluding hydrogens is 1100 g/mol. The highest BCUT2D eigenvalue weighted by molar-refractivity contribution is 7.94. The Morgan fingerprint density at radius 2 is 0.925 bits per heavy atom. The van der Waals surface area contributed by atoms with E-state index >= 15 is 0 Å². The molecule has 0 heterocycles. The van der Waals surface area contributed by atoms with Gasteiger partial charge in [-0.15, -0.1) is 9.32 Å². The SMILES string of the molecule is CC(C)(C)CCCC(=O)NC(COCCC(=O)NCCCCC(=O)c1ccc(SOON)cc1)(COCCC(=O)NCCCNC(=O)c1ccc(NS(=O)O)cc1)COCCC(=O)NCCCNC(=O)c1ccc(NS(=O)O)cc1. The largest absolute Gasteiger partial charge is 0.378 e. The molecule has 0 radical (unpaired) electrons. The molecule has 6 amide bonds. The zero-order valence-corrected chi connectivity index (χ0v) is 47.8. The van der Waals surface area contributed by atoms with Gasteiger partial charge in [0.2, 0.25) is 23.6 Å². The van der Waals surface area contributed by atoms with E-state index in [0.717, 1.165) is 18.5 Å². The molecular formula is C52H77N9O16S3. The molecule has 0 bridgehead atoms. The molecule has 3 aromatic carbocycles. The van der Waals surface area contributed by atoms with Gasteiger partial charge < -0.3 is 46.1 Å². The maximum atomic E-state index is 13.6. The minimum Gasteiger partial charge on any atom is -0.378 e. The van der Waals surface area contributed by atoms with Gasteiger partial charge in [0, 0.05) is 97.8 Å². The standard InChI is InChI=1S/C52H77N9O16S3/c1-51(2,3)26-6-10-48(66)59-52(35-73-32-23-45(63)54-27-5-4-9-44(62)38-15-21-43(22-16-38)78-77-76-53,36-74-33-24-46(64)55-28-7-30-57-49(67)39-11-17-41(18-12-39)60-79(69)70)37-75-34-25-47(65)56-29-8-31-58-50(68)40-13-19-42(20-14-40)61-80(71)72/h11-22,60-61H,4-10,23-37,53H2,1-3H3,(H,54,63)(H,55,64)(H,56,65)(H,57,67)(H,58,68)(H,59,66)(H,69,70)(H,71,72). The summed E-state index contributed by atoms with van der Waals surface area (Å²) in [6.45, 7) is 6.94. The number of hydrogen-bond acceptors (Lipinski definition) is 16. The fraction of sp³-hybridized carbons (Fsp3) is 0.519. The Morgan fingerprint density at radius 3 is 1.34 bits per heavy atom. The Bertz CT molecular complexity index is 2330. The average molecular weight is 1180 g/mol. The number of rotatable bonds is 42. The predicted octanol–water partition coefficient (Wildman–Crippen LogP) is 4.25. The van der Waals surface area contributed by atoms with Gasteiger partial charge >= 0.3 is 0 Å². The Hall–Kier alpha value is -5.92. The van der Waals surface area contributed by atoms with Gasteiger partial charge in [-0.2, -0.15) is 5.90 Å². The second-order valence-electron chi connectivity index (χ2n) is 19.4. The number of ketones is 1. The van der Waals surface area contributed by atoms with E-state index in [1.165, 1.54) is 48.5 Å². The predicted molar refractivity (Wildman–Crippen MR) is 302 cm³/mol. The van der Waals surface area contributed by atoms with Gasteiger partial charge in [-0.25, -0.2) is 8.42 Å². The van der Waals surface area contributed by atoms with Gasteiger partial charge in [-0.05, 0) is 105 Å². The fourth-order valence-corrected chi connectivity index (χ4v) is 8.33. The summed E-state index contributed by atoms with van der Waals surface area (Å²) in [6, 6.07) is 18.8. The maximum absolute atomic E-state index is 13.6. The molecule has 0 aromatic heterocycles. The first kappa shape index (κ1) is 68.4. The van der Waals surface area contributed by atoms with Gasteiger partial charge in [0.25, 0.3) is 34.3 Å². The molecule has 0 fully saturated rings. The first-order chi connectivity index (χ1) is 38.3. The van der Waals surface area contributed by atoms with E-state index in [1.54, 1.807) is 24.3 Å². The molecule has 3 aromatic rings. The third-order valence-corrected chi connectivity index (χ3v) is 12.8. The number of benzene rings is 3. The van der Waals surface area contributed by atoms with Crippen molar-refractivity contribution in [2.45, 2.75) is 102 Å². The first-order valence-electron chi connectivity index (χ1n) is 26.0. The molecule has 25 nitrogen and oxygen atoms in total. The number of carbonyl (C=O) groups excluding carboxylic acids is 7. The second kappa shape index (κ2) is 38.7. The quantitative estimate of drug-likeness (QED) is 0.00943. The number of carbonyl (C=O) groups is 7. The van der Waals surface area contributed by atoms with Crippen LogP contribution < -0.4 is 47.2 Å². The zero-order valence-electron chi connectivity index (χ0n) is 45.4. The third kappa shape index (κ3) is 31.2. The van der Waals surface area contributed by atoms with Gasteiger partial charge in [0.1, 0.15) is 5.54 Å². The Kier molecular flexibility index (Phi) is 33.0. The van der Waals surface area contributed by atoms with Crippen molar-refractivity contribution in [2.75, 3.05) is 81.8 Å². The van der Waals surface area contributed by atoms with Crippen molar-refractivity contribution in [3.05, 3.63) is 89.5 Å². The van der Waals surface area contributed by atoms with Crippen molar-refractivity contribution >= 4 is 87.2 Å². The number of Topliss-reactive ketones (excluding diaryl/α,β-unsaturated/α-hetero) is 1. The molecule has 0 saturated carbocycles. The van der Waals surface area contributed by atoms with E-state index in [-0.39, 0.29) is 145 Å². The van der Waals surface area contributed by atoms with Crippen molar-refractivity contribution in [1.29, 1.82) is 0 Å². The van der Waals surface area contributed by atoms with Crippen LogP contribution in [0.5, 0.6) is 0 Å². The Morgan fingerprint density at radius 1 is 0.512 bits per heavy atom. The van der Waals surface area contributed by atoms with E-state index < -0.39 is 28.1 Å². The van der Waals surface area contributed by atoms with Crippen molar-refractivity contribution in [3.63, 3.8) is 0 Å². The Balaban J connectivity index is 1.54. The lowest BCUT2D eigenvalue weighted by Crippen LogP contribution is -2.58. The second-order valence-corrected chi connectivity index (χ2v) is 21.6. The van der Waals surface area contributed by atoms with Crippen molar-refractivity contribution in [3.8, 4) is 0 Å². The lowest BCUT2D eigenvalue weighted by Gasteiger charge is -2.34. The number of unbranched alkanes of at least 4 members (excludes halogenated alkanes) is 1. The molecule has 0 spiro atoms. The van der Waals surface area contributed by atoms with Gasteiger partial charge in [-0.1, -0.05) is 32.9 Å². The lowest BCUT2D eigenvalue weighted by atomic mass is 9.90. The fourth-order valence-electron chi connectivity index (χ4n) is 7.29. The van der Waals surface area contributed by atoms with E-state index in [1.807, 2.05) is 0 Å². The summed E-state index contributed by atoms with van der Waals surface area (Å²) in [5.41, 5.74) is 0.625. The van der Waals surface area contributed by atoms with Crippen LogP contribution in [0.25, 0.3) is 0 Å². The van der Waals surface area contributed by atoms with Crippen LogP contribution in [-0.2, 0) is 65.2 Å². The summed E-state index contributed by atoms with van der Waals surface area (Å²) in [7, 11) is 0. The molecule has 3 rings (SSSR count). The smallest absolute Gasteiger partial charge is 0.259 e. The maximum Gasteiger partial charge on any atom is 0.259 e. The molecule has 80 heavy (non-hydrogen) atoms. The molecule has 2 atom stereocenters. The first-order valence-corrected chi connectivity index (χ1v) is 28.9. The average Bonchev–Trinajstić information content (AvgIpc) is 3.41. The van der Waals surface area contributed by atoms with E-state index in [4.69, 9.17) is 29.2 Å². The molecule has 0 aliphatic carbocycles. The summed E-state index contributed by atoms with van der Waals surface area (Å²) >= 11 is -3.58. The number of nitrogens with one attached hydrogen (secondary N) is 8. The minimum atomic E-state index is -2.25. The molecule has 0 saturated heterocycles. The van der Waals surface area contributed by atoms with Crippen LogP contribution in [0.1, 0.15) is 122 Å². The number of ether oxygens (including phenoxy) is 3. The number of hydrogen-bond donors (Lipinski definition) is 11. The monoisotopic (exact) mass is 1180 g/mol. The summed E-state index contributed by atoms with van der Waals surface area (Å²) in [4.78, 5) is 94.6. The van der Waals surface area contributed by atoms with Crippen molar-refractivity contribution in [2.24, 2.45) is 11.3 Å². The topological polar surface area (TPSA) is 362 Å². The van der Waals surface area contributed by atoms with Crippen molar-refractivity contribution in [1.82, 2.24) is 31.9 Å². The summed E-state index contributed by atoms with van der Waals surface area (Å²) < 4.78 is 67.2. The van der Waals surface area contributed by atoms with E-state index in [0.29, 0.717) is 71.6 Å². The van der Waals surface area contributed by atoms with Gasteiger partial charge in [0.15, 0.2) is 5.78 Å². The summed E-state index contributed by atoms with van der Waals surface area (Å²) in [6.07, 6.45) is 3.65. The van der Waals surface area contributed by atoms with Gasteiger partial charge in [-0.3, -0.25) is 52.1 Å². The van der Waals surface area contributed by atoms with Crippen LogP contribution in [-0.4, -0.2) is 137 Å². The van der Waals surface area contributed by atoms with Crippen LogP contribution in [0.4, 0.5) is 11.4 Å². The number of anilines is 2. The van der Waals surface area contributed by atoms with Gasteiger partial charge in [0.05, 0.1) is 51.7 Å². The molecule has 12 N–H and O–H groups in total. The highest BCUT2D eigenvalue weighted by Crippen LogP contribution is 2.23. The summed E-state index contributed by atoms with van der Waals surface area (Å²) in [5.74, 6) is 2.86. The third-order valence-electron chi connectivity index (χ3n) is 11.4. The van der Waals surface area contributed by atoms with Crippen LogP contribution >= 0.6 is 12.0 Å². The number of nitrogens with two attached hydrogens (primary N) is 1. The van der Waals surface area contributed by atoms with Crippen LogP contribution in [0.3, 0.4) is 0 Å². The molecule has 0 aliphatic rings. The van der Waals surface area contributed by atoms with E-state index in [9.17, 15) is 42.0 Å². The summed E-state index contributed by atoms with van der Waals surface area (Å²) in [5, 5.41) is 17.0. The molecule has 0 aliphatic heterocycles. The molecule has 444 valence electrons. The minimum absolute atomic E-state index is 0.0199. The van der Waals surface area contributed by atoms with Crippen LogP contribution in [0.2, 0.25) is 0 Å². The highest BCUT2D eigenvalue weighted by atomic mass is 32.2. The molecule has 2 unspecified atom stereocenters. The highest BCUT2D eigenvalue weighted by Gasteiger charge is 2.34. The van der Waals surface area contributed by atoms with Crippen LogP contribution in [0, 0.1) is 5.41 Å². The number of amides is 6. The molecule has 28 heteroatoms. The lowest BCUT2D eigenvalue weighted by molar-refractivity contribution is -0.195. The Labute approximate surface area is 476 Å². The normalized spacial score (nSPS) is 12.7. The zero-order chi connectivity index (χ0) is 58.6. The van der Waals surface area contributed by atoms with E-state index in [2.05, 4.69) is 71.4 Å². The van der Waals surface area contributed by atoms with Crippen molar-refractivity contribution < 1.29 is 74.6 Å².